The maximum Gasteiger partial charge on any atom is 0.259 e. The Morgan fingerprint density at radius 3 is 2.50 bits per heavy atom. The first-order chi connectivity index (χ1) is 14.7. The van der Waals surface area contributed by atoms with Crippen LogP contribution in [0.1, 0.15) is 21.5 Å². The summed E-state index contributed by atoms with van der Waals surface area (Å²) in [5.41, 5.74) is 6.47. The summed E-state index contributed by atoms with van der Waals surface area (Å²) in [5, 5.41) is 0.890. The average molecular weight is 394 g/mol. The van der Waals surface area contributed by atoms with E-state index >= 15 is 0 Å². The lowest BCUT2D eigenvalue weighted by atomic mass is 9.96. The molecule has 148 valence electrons. The van der Waals surface area contributed by atoms with E-state index < -0.39 is 0 Å². The quantitative estimate of drug-likeness (QED) is 0.466. The van der Waals surface area contributed by atoms with Gasteiger partial charge in [-0.15, -0.1) is 0 Å². The minimum absolute atomic E-state index is 0.0332. The van der Waals surface area contributed by atoms with Crippen LogP contribution in [0.2, 0.25) is 0 Å². The number of fused-ring (bicyclic) bond motifs is 2. The lowest BCUT2D eigenvalue weighted by Crippen LogP contribution is -2.30. The number of rotatable bonds is 3. The Bertz CT molecular complexity index is 1260. The molecule has 4 aromatic rings. The Balaban J connectivity index is 1.69. The highest BCUT2D eigenvalue weighted by atomic mass is 16.5. The minimum atomic E-state index is 0.0332. The molecule has 30 heavy (non-hydrogen) atoms. The number of hydrogen-bond donors (Lipinski definition) is 0. The predicted octanol–water partition coefficient (Wildman–Crippen LogP) is 5.42. The van der Waals surface area contributed by atoms with Crippen LogP contribution in [0.25, 0.3) is 22.2 Å². The zero-order valence-corrected chi connectivity index (χ0v) is 17.1. The Morgan fingerprint density at radius 1 is 0.967 bits per heavy atom. The van der Waals surface area contributed by atoms with Crippen molar-refractivity contribution in [2.45, 2.75) is 13.3 Å². The standard InChI is InChI=1S/C26H22N2O2/c1-17-24(26(29)28-16-15-18-7-3-6-10-23(18)28)21-8-4-5-9-22(21)27-25(17)19-11-13-20(30-2)14-12-19/h3-14H,15-16H2,1-2H3. The Morgan fingerprint density at radius 2 is 1.70 bits per heavy atom. The van der Waals surface area contributed by atoms with Gasteiger partial charge in [0.1, 0.15) is 5.75 Å². The average Bonchev–Trinajstić information content (AvgIpc) is 3.23. The number of carbonyl (C=O) groups is 1. The van der Waals surface area contributed by atoms with E-state index in [0.29, 0.717) is 6.54 Å². The van der Waals surface area contributed by atoms with Crippen LogP contribution in [0.3, 0.4) is 0 Å². The van der Waals surface area contributed by atoms with Crippen molar-refractivity contribution in [3.05, 3.63) is 89.5 Å². The second kappa shape index (κ2) is 7.30. The summed E-state index contributed by atoms with van der Waals surface area (Å²) in [4.78, 5) is 20.6. The third-order valence-electron chi connectivity index (χ3n) is 5.85. The normalized spacial score (nSPS) is 12.8. The van der Waals surface area contributed by atoms with Gasteiger partial charge in [-0.05, 0) is 60.9 Å². The molecule has 0 saturated carbocycles. The zero-order chi connectivity index (χ0) is 20.7. The summed E-state index contributed by atoms with van der Waals surface area (Å²) >= 11 is 0. The van der Waals surface area contributed by atoms with Gasteiger partial charge in [0, 0.05) is 23.2 Å². The van der Waals surface area contributed by atoms with Crippen LogP contribution in [0.15, 0.2) is 72.8 Å². The summed E-state index contributed by atoms with van der Waals surface area (Å²) in [5.74, 6) is 0.827. The summed E-state index contributed by atoms with van der Waals surface area (Å²) in [6.45, 7) is 2.69. The molecule has 1 aliphatic heterocycles. The molecule has 0 saturated heterocycles. The summed E-state index contributed by atoms with van der Waals surface area (Å²) in [6.07, 6.45) is 0.884. The van der Waals surface area contributed by atoms with Crippen molar-refractivity contribution >= 4 is 22.5 Å². The summed E-state index contributed by atoms with van der Waals surface area (Å²) < 4.78 is 5.29. The molecule has 0 aliphatic carbocycles. The van der Waals surface area contributed by atoms with Gasteiger partial charge in [-0.3, -0.25) is 4.79 Å². The van der Waals surface area contributed by atoms with E-state index in [1.54, 1.807) is 7.11 Å². The van der Waals surface area contributed by atoms with Crippen LogP contribution in [0, 0.1) is 6.92 Å². The van der Waals surface area contributed by atoms with Gasteiger partial charge in [-0.25, -0.2) is 4.98 Å². The van der Waals surface area contributed by atoms with Crippen molar-refractivity contribution < 1.29 is 9.53 Å². The van der Waals surface area contributed by atoms with Crippen LogP contribution in [0.4, 0.5) is 5.69 Å². The first-order valence-corrected chi connectivity index (χ1v) is 10.1. The molecule has 2 heterocycles. The maximum absolute atomic E-state index is 13.8. The molecule has 1 aromatic heterocycles. The number of para-hydroxylation sites is 2. The molecule has 0 spiro atoms. The molecule has 0 fully saturated rings. The van der Waals surface area contributed by atoms with E-state index in [1.165, 1.54) is 5.56 Å². The number of pyridine rings is 1. The molecule has 0 N–H and O–H groups in total. The lowest BCUT2D eigenvalue weighted by molar-refractivity contribution is 0.0990. The monoisotopic (exact) mass is 394 g/mol. The third-order valence-corrected chi connectivity index (χ3v) is 5.85. The molecule has 1 amide bonds. The molecule has 1 aliphatic rings. The number of amides is 1. The Labute approximate surface area is 175 Å². The molecule has 4 nitrogen and oxygen atoms in total. The SMILES string of the molecule is COc1ccc(-c2nc3ccccc3c(C(=O)N3CCc4ccccc43)c2C)cc1. The molecular formula is C26H22N2O2. The van der Waals surface area contributed by atoms with Crippen molar-refractivity contribution in [1.29, 1.82) is 0 Å². The second-order valence-corrected chi connectivity index (χ2v) is 7.54. The van der Waals surface area contributed by atoms with Gasteiger partial charge in [0.25, 0.3) is 5.91 Å². The van der Waals surface area contributed by atoms with E-state index in [1.807, 2.05) is 78.6 Å². The number of anilines is 1. The van der Waals surface area contributed by atoms with E-state index in [9.17, 15) is 4.79 Å². The Kier molecular flexibility index (Phi) is 4.47. The van der Waals surface area contributed by atoms with Gasteiger partial charge >= 0.3 is 0 Å². The predicted molar refractivity (Wildman–Crippen MR) is 120 cm³/mol. The van der Waals surface area contributed by atoms with Gasteiger partial charge in [0.05, 0.1) is 23.9 Å². The van der Waals surface area contributed by atoms with Gasteiger partial charge < -0.3 is 9.64 Å². The molecule has 5 rings (SSSR count). The van der Waals surface area contributed by atoms with Crippen molar-refractivity contribution in [1.82, 2.24) is 4.98 Å². The van der Waals surface area contributed by atoms with Crippen LogP contribution in [-0.2, 0) is 6.42 Å². The van der Waals surface area contributed by atoms with E-state index in [2.05, 4.69) is 6.07 Å². The smallest absolute Gasteiger partial charge is 0.259 e. The number of aromatic nitrogens is 1. The lowest BCUT2D eigenvalue weighted by Gasteiger charge is -2.21. The van der Waals surface area contributed by atoms with Gasteiger partial charge in [0.15, 0.2) is 0 Å². The molecule has 0 bridgehead atoms. The minimum Gasteiger partial charge on any atom is -0.497 e. The number of carbonyl (C=O) groups excluding carboxylic acids is 1. The van der Waals surface area contributed by atoms with Gasteiger partial charge in [-0.1, -0.05) is 36.4 Å². The summed E-state index contributed by atoms with van der Waals surface area (Å²) in [7, 11) is 1.65. The highest BCUT2D eigenvalue weighted by molar-refractivity contribution is 6.16. The highest BCUT2D eigenvalue weighted by Crippen LogP contribution is 2.34. The van der Waals surface area contributed by atoms with E-state index in [-0.39, 0.29) is 5.91 Å². The maximum atomic E-state index is 13.8. The van der Waals surface area contributed by atoms with Crippen molar-refractivity contribution in [3.63, 3.8) is 0 Å². The second-order valence-electron chi connectivity index (χ2n) is 7.54. The van der Waals surface area contributed by atoms with Crippen LogP contribution < -0.4 is 9.64 Å². The van der Waals surface area contributed by atoms with Crippen LogP contribution in [-0.4, -0.2) is 24.5 Å². The van der Waals surface area contributed by atoms with E-state index in [4.69, 9.17) is 9.72 Å². The van der Waals surface area contributed by atoms with Crippen molar-refractivity contribution in [2.24, 2.45) is 0 Å². The van der Waals surface area contributed by atoms with Crippen molar-refractivity contribution in [3.8, 4) is 17.0 Å². The number of benzene rings is 3. The summed E-state index contributed by atoms with van der Waals surface area (Å²) in [6, 6.07) is 23.9. The van der Waals surface area contributed by atoms with Crippen molar-refractivity contribution in [2.75, 3.05) is 18.6 Å². The first-order valence-electron chi connectivity index (χ1n) is 10.1. The number of methoxy groups -OCH3 is 1. The fourth-order valence-electron chi connectivity index (χ4n) is 4.30. The Hall–Kier alpha value is -3.66. The number of nitrogens with zero attached hydrogens (tertiary/aromatic N) is 2. The van der Waals surface area contributed by atoms with E-state index in [0.717, 1.165) is 51.1 Å². The fourth-order valence-corrected chi connectivity index (χ4v) is 4.30. The van der Waals surface area contributed by atoms with Crippen LogP contribution in [0.5, 0.6) is 5.75 Å². The van der Waals surface area contributed by atoms with Crippen LogP contribution >= 0.6 is 0 Å². The molecule has 3 aromatic carbocycles. The zero-order valence-electron chi connectivity index (χ0n) is 17.1. The largest absolute Gasteiger partial charge is 0.497 e. The molecular weight excluding hydrogens is 372 g/mol. The number of hydrogen-bond acceptors (Lipinski definition) is 3. The molecule has 0 unspecified atom stereocenters. The number of ether oxygens (including phenoxy) is 1. The topological polar surface area (TPSA) is 42.4 Å². The molecule has 0 atom stereocenters. The molecule has 4 heteroatoms. The third kappa shape index (κ3) is 2.92. The first kappa shape index (κ1) is 18.4. The fraction of sp³-hybridized carbons (Fsp3) is 0.154. The van der Waals surface area contributed by atoms with Gasteiger partial charge in [-0.2, -0.15) is 0 Å². The highest BCUT2D eigenvalue weighted by Gasteiger charge is 2.28. The van der Waals surface area contributed by atoms with Gasteiger partial charge in [0.2, 0.25) is 0 Å². The molecule has 0 radical (unpaired) electrons.